The highest BCUT2D eigenvalue weighted by atomic mass is 15.2. The molecule has 0 aromatic heterocycles. The molecule has 0 saturated carbocycles. The second-order valence-electron chi connectivity index (χ2n) is 8.31. The molecular formula is C22H37N5. The highest BCUT2D eigenvalue weighted by molar-refractivity contribution is 5.77. The molecule has 2 heterocycles. The van der Waals surface area contributed by atoms with Gasteiger partial charge < -0.3 is 11.1 Å². The van der Waals surface area contributed by atoms with Crippen molar-refractivity contribution in [3.8, 4) is 0 Å². The maximum atomic E-state index is 6.07. The van der Waals surface area contributed by atoms with Crippen molar-refractivity contribution >= 4 is 5.96 Å². The molecule has 0 bridgehead atoms. The first-order valence-corrected chi connectivity index (χ1v) is 10.7. The minimum absolute atomic E-state index is 0.560. The van der Waals surface area contributed by atoms with Crippen molar-refractivity contribution < 1.29 is 0 Å². The molecule has 3 N–H and O–H groups in total. The van der Waals surface area contributed by atoms with Crippen LogP contribution >= 0.6 is 0 Å². The van der Waals surface area contributed by atoms with E-state index in [1.54, 1.807) is 0 Å². The molecule has 2 saturated heterocycles. The molecule has 0 spiro atoms. The topological polar surface area (TPSA) is 56.9 Å². The molecule has 150 valence electrons. The molecule has 0 radical (unpaired) electrons. The van der Waals surface area contributed by atoms with E-state index in [0.29, 0.717) is 18.5 Å². The summed E-state index contributed by atoms with van der Waals surface area (Å²) in [6.45, 7) is 12.0. The zero-order valence-electron chi connectivity index (χ0n) is 17.2. The van der Waals surface area contributed by atoms with Crippen LogP contribution in [0.15, 0.2) is 29.3 Å². The molecular weight excluding hydrogens is 334 g/mol. The third-order valence-corrected chi connectivity index (χ3v) is 6.03. The zero-order valence-corrected chi connectivity index (χ0v) is 17.2. The van der Waals surface area contributed by atoms with Crippen LogP contribution in [0.5, 0.6) is 0 Å². The van der Waals surface area contributed by atoms with Crippen molar-refractivity contribution in [3.05, 3.63) is 35.4 Å². The highest BCUT2D eigenvalue weighted by Crippen LogP contribution is 2.18. The Hall–Kier alpha value is -1.59. The Morgan fingerprint density at radius 2 is 1.89 bits per heavy atom. The average Bonchev–Trinajstić information content (AvgIpc) is 3.13. The predicted molar refractivity (Wildman–Crippen MR) is 114 cm³/mol. The normalized spacial score (nSPS) is 25.0. The molecule has 3 rings (SSSR count). The Morgan fingerprint density at radius 1 is 1.15 bits per heavy atom. The van der Waals surface area contributed by atoms with Gasteiger partial charge in [0.15, 0.2) is 5.96 Å². The predicted octanol–water partition coefficient (Wildman–Crippen LogP) is 2.81. The van der Waals surface area contributed by atoms with Crippen LogP contribution in [0.3, 0.4) is 0 Å². The van der Waals surface area contributed by atoms with Gasteiger partial charge in [-0.2, -0.15) is 0 Å². The molecule has 2 atom stereocenters. The van der Waals surface area contributed by atoms with Crippen molar-refractivity contribution in [2.45, 2.75) is 58.7 Å². The summed E-state index contributed by atoms with van der Waals surface area (Å²) >= 11 is 0. The van der Waals surface area contributed by atoms with E-state index in [9.17, 15) is 0 Å². The summed E-state index contributed by atoms with van der Waals surface area (Å²) in [5, 5.41) is 3.31. The molecule has 5 nitrogen and oxygen atoms in total. The van der Waals surface area contributed by atoms with Gasteiger partial charge >= 0.3 is 0 Å². The number of guanidine groups is 1. The first-order chi connectivity index (χ1) is 13.1. The van der Waals surface area contributed by atoms with Crippen LogP contribution < -0.4 is 11.1 Å². The maximum absolute atomic E-state index is 6.07. The van der Waals surface area contributed by atoms with Gasteiger partial charge in [-0.25, -0.2) is 4.99 Å². The number of hydrogen-bond acceptors (Lipinski definition) is 3. The number of nitrogens with one attached hydrogen (secondary N) is 1. The molecule has 0 amide bonds. The van der Waals surface area contributed by atoms with Gasteiger partial charge in [0.1, 0.15) is 0 Å². The number of benzene rings is 1. The number of aliphatic imine (C=N–C) groups is 1. The van der Waals surface area contributed by atoms with Crippen LogP contribution in [-0.4, -0.2) is 54.5 Å². The largest absolute Gasteiger partial charge is 0.370 e. The van der Waals surface area contributed by atoms with E-state index in [1.807, 2.05) is 0 Å². The van der Waals surface area contributed by atoms with Crippen molar-refractivity contribution in [1.29, 1.82) is 0 Å². The second-order valence-corrected chi connectivity index (χ2v) is 8.31. The SMILES string of the molecule is CCN1CCCC1CNC(N)=NCc1ccc(CN2CCCC(C)C2)cc1. The maximum Gasteiger partial charge on any atom is 0.188 e. The summed E-state index contributed by atoms with van der Waals surface area (Å²) in [7, 11) is 0. The van der Waals surface area contributed by atoms with E-state index in [4.69, 9.17) is 5.73 Å². The van der Waals surface area contributed by atoms with E-state index in [-0.39, 0.29) is 0 Å². The lowest BCUT2D eigenvalue weighted by Crippen LogP contribution is -2.42. The minimum Gasteiger partial charge on any atom is -0.370 e. The molecule has 2 fully saturated rings. The lowest BCUT2D eigenvalue weighted by Gasteiger charge is -2.30. The van der Waals surface area contributed by atoms with Crippen molar-refractivity contribution in [2.75, 3.05) is 32.7 Å². The monoisotopic (exact) mass is 371 g/mol. The van der Waals surface area contributed by atoms with Crippen LogP contribution in [0.1, 0.15) is 50.7 Å². The number of likely N-dealkylation sites (tertiary alicyclic amines) is 2. The molecule has 1 aromatic rings. The fourth-order valence-corrected chi connectivity index (χ4v) is 4.44. The zero-order chi connectivity index (χ0) is 19.1. The average molecular weight is 372 g/mol. The van der Waals surface area contributed by atoms with Crippen LogP contribution in [0.2, 0.25) is 0 Å². The number of nitrogens with two attached hydrogens (primary N) is 1. The van der Waals surface area contributed by atoms with Gasteiger partial charge in [0.25, 0.3) is 0 Å². The summed E-state index contributed by atoms with van der Waals surface area (Å²) in [6, 6.07) is 9.46. The number of piperidine rings is 1. The van der Waals surface area contributed by atoms with Crippen LogP contribution in [0.25, 0.3) is 0 Å². The van der Waals surface area contributed by atoms with E-state index in [2.05, 4.69) is 58.2 Å². The Morgan fingerprint density at radius 3 is 2.63 bits per heavy atom. The Bertz CT molecular complexity index is 597. The number of nitrogens with zero attached hydrogens (tertiary/aromatic N) is 3. The summed E-state index contributed by atoms with van der Waals surface area (Å²) in [4.78, 5) is 9.61. The van der Waals surface area contributed by atoms with Crippen molar-refractivity contribution in [3.63, 3.8) is 0 Å². The van der Waals surface area contributed by atoms with Gasteiger partial charge in [-0.15, -0.1) is 0 Å². The number of likely N-dealkylation sites (N-methyl/N-ethyl adjacent to an activating group) is 1. The van der Waals surface area contributed by atoms with E-state index in [1.165, 1.54) is 56.4 Å². The summed E-state index contributed by atoms with van der Waals surface area (Å²) in [6.07, 6.45) is 5.25. The van der Waals surface area contributed by atoms with Crippen LogP contribution in [-0.2, 0) is 13.1 Å². The summed E-state index contributed by atoms with van der Waals surface area (Å²) < 4.78 is 0. The molecule has 27 heavy (non-hydrogen) atoms. The Balaban J connectivity index is 1.42. The molecule has 1 aromatic carbocycles. The van der Waals surface area contributed by atoms with E-state index >= 15 is 0 Å². The van der Waals surface area contributed by atoms with E-state index in [0.717, 1.165) is 25.6 Å². The molecule has 2 aliphatic heterocycles. The lowest BCUT2D eigenvalue weighted by molar-refractivity contribution is 0.176. The van der Waals surface area contributed by atoms with Gasteiger partial charge in [0.2, 0.25) is 0 Å². The summed E-state index contributed by atoms with van der Waals surface area (Å²) in [5.74, 6) is 1.39. The minimum atomic E-state index is 0.560. The van der Waals surface area contributed by atoms with Gasteiger partial charge in [0.05, 0.1) is 6.54 Å². The molecule has 0 aliphatic carbocycles. The number of hydrogen-bond donors (Lipinski definition) is 2. The first-order valence-electron chi connectivity index (χ1n) is 10.7. The van der Waals surface area contributed by atoms with Crippen molar-refractivity contribution in [1.82, 2.24) is 15.1 Å². The fourth-order valence-electron chi connectivity index (χ4n) is 4.44. The van der Waals surface area contributed by atoms with Crippen LogP contribution in [0.4, 0.5) is 0 Å². The third kappa shape index (κ3) is 6.22. The smallest absolute Gasteiger partial charge is 0.188 e. The quantitative estimate of drug-likeness (QED) is 0.572. The fraction of sp³-hybridized carbons (Fsp3) is 0.682. The molecule has 5 heteroatoms. The van der Waals surface area contributed by atoms with Gasteiger partial charge in [0, 0.05) is 25.7 Å². The Kier molecular flexibility index (Phi) is 7.53. The summed E-state index contributed by atoms with van der Waals surface area (Å²) in [5.41, 5.74) is 8.67. The van der Waals surface area contributed by atoms with E-state index < -0.39 is 0 Å². The Labute approximate surface area is 165 Å². The van der Waals surface area contributed by atoms with Gasteiger partial charge in [-0.3, -0.25) is 9.80 Å². The van der Waals surface area contributed by atoms with Crippen LogP contribution in [0, 0.1) is 5.92 Å². The van der Waals surface area contributed by atoms with Crippen molar-refractivity contribution in [2.24, 2.45) is 16.6 Å². The number of rotatable bonds is 7. The lowest BCUT2D eigenvalue weighted by atomic mass is 9.99. The third-order valence-electron chi connectivity index (χ3n) is 6.03. The van der Waals surface area contributed by atoms with Gasteiger partial charge in [-0.1, -0.05) is 38.1 Å². The second kappa shape index (κ2) is 10.1. The van der Waals surface area contributed by atoms with Gasteiger partial charge in [-0.05, 0) is 62.4 Å². The standard InChI is InChI=1S/C22H37N5/c1-3-27-13-5-7-21(27)15-25-22(23)24-14-19-8-10-20(11-9-19)17-26-12-4-6-18(2)16-26/h8-11,18,21H,3-7,12-17H2,1-2H3,(H3,23,24,25). The highest BCUT2D eigenvalue weighted by Gasteiger charge is 2.22. The molecule has 2 unspecified atom stereocenters. The first kappa shape index (κ1) is 20.2. The molecule has 2 aliphatic rings.